The van der Waals surface area contributed by atoms with Crippen LogP contribution in [-0.4, -0.2) is 91.3 Å². The molecule has 0 aromatic carbocycles. The molecule has 0 fully saturated rings. The largest absolute Gasteiger partial charge is 0.363 e. The van der Waals surface area contributed by atoms with Gasteiger partial charge in [-0.25, -0.2) is 29.9 Å². The van der Waals surface area contributed by atoms with Crippen molar-refractivity contribution in [2.45, 2.75) is 131 Å². The van der Waals surface area contributed by atoms with Crippen molar-refractivity contribution in [1.29, 1.82) is 0 Å². The zero-order chi connectivity index (χ0) is 55.7. The standard InChI is InChI=1S/C51H61N13.2C6H14/c1-50(2,3)37-26-38(32-15-19-42(53-28-32)61(7)8)60-49(46(37)34-17-21-44(55-30-34)63(11)12)57-36-23-24-52-41(25-36)58-40-27-39(33-16-20-43(54-29-33)62(9)10)59-48(51(4,5)6)47(40)35-18-22-45(56-31-35)64(13)14;2*1-3-5-6-4-2/h15-31H,1-14H3,(H2,52,57,58,59,60);2*3-6H2,1-2H3. The average Bonchev–Trinajstić information content (AvgIpc) is 3.39. The van der Waals surface area contributed by atoms with Crippen LogP contribution < -0.4 is 30.2 Å². The number of hydrogen-bond acceptors (Lipinski definition) is 13. The summed E-state index contributed by atoms with van der Waals surface area (Å²) in [4.78, 5) is 42.6. The zero-order valence-corrected chi connectivity index (χ0v) is 49.4. The van der Waals surface area contributed by atoms with Gasteiger partial charge in [-0.3, -0.25) is 4.98 Å². The molecule has 0 radical (unpaired) electrons. The molecule has 76 heavy (non-hydrogen) atoms. The van der Waals surface area contributed by atoms with Crippen molar-refractivity contribution in [2.75, 3.05) is 86.6 Å². The Morgan fingerprint density at radius 2 is 0.829 bits per heavy atom. The third-order valence-corrected chi connectivity index (χ3v) is 12.8. The maximum absolute atomic E-state index is 5.34. The second-order valence-corrected chi connectivity index (χ2v) is 22.3. The SMILES string of the molecule is CCCCCC.CCCCCC.CN(C)c1ccc(-c2cc(C(C)(C)C)c(-c3ccc(N(C)C)nc3)c(Nc3ccnc(Nc4cc(-c5ccc(N(C)C)nc5)nc(C(C)(C)C)c4-c4ccc(N(C)C)nc4)c3)n2)cn1. The lowest BCUT2D eigenvalue weighted by molar-refractivity contribution is 0.572. The first-order valence-electron chi connectivity index (χ1n) is 27.3. The van der Waals surface area contributed by atoms with Crippen LogP contribution in [0.5, 0.6) is 0 Å². The minimum absolute atomic E-state index is 0.256. The second kappa shape index (κ2) is 27.6. The smallest absolute Gasteiger partial charge is 0.139 e. The van der Waals surface area contributed by atoms with E-state index in [-0.39, 0.29) is 10.8 Å². The van der Waals surface area contributed by atoms with Crippen LogP contribution >= 0.6 is 0 Å². The van der Waals surface area contributed by atoms with E-state index in [0.29, 0.717) is 11.6 Å². The van der Waals surface area contributed by atoms with E-state index >= 15 is 0 Å². The molecule has 13 heteroatoms. The van der Waals surface area contributed by atoms with Crippen molar-refractivity contribution in [3.05, 3.63) is 115 Å². The molecule has 0 saturated carbocycles. The number of nitrogens with one attached hydrogen (secondary N) is 2. The molecule has 7 rings (SSSR count). The summed E-state index contributed by atoms with van der Waals surface area (Å²) >= 11 is 0. The highest BCUT2D eigenvalue weighted by molar-refractivity contribution is 5.88. The Morgan fingerprint density at radius 3 is 1.20 bits per heavy atom. The van der Waals surface area contributed by atoms with Crippen LogP contribution in [-0.2, 0) is 10.8 Å². The van der Waals surface area contributed by atoms with Gasteiger partial charge in [0.1, 0.15) is 34.9 Å². The van der Waals surface area contributed by atoms with Crippen molar-refractivity contribution in [2.24, 2.45) is 0 Å². The van der Waals surface area contributed by atoms with E-state index in [1.54, 1.807) is 6.20 Å². The lowest BCUT2D eigenvalue weighted by Gasteiger charge is -2.27. The summed E-state index contributed by atoms with van der Waals surface area (Å²) < 4.78 is 0. The highest BCUT2D eigenvalue weighted by atomic mass is 15.1. The van der Waals surface area contributed by atoms with Crippen LogP contribution in [0, 0.1) is 0 Å². The van der Waals surface area contributed by atoms with E-state index in [1.807, 2.05) is 137 Å². The van der Waals surface area contributed by atoms with Crippen LogP contribution in [0.1, 0.15) is 132 Å². The summed E-state index contributed by atoms with van der Waals surface area (Å²) in [5.41, 5.74) is 10.3. The van der Waals surface area contributed by atoms with Gasteiger partial charge in [0.15, 0.2) is 0 Å². The summed E-state index contributed by atoms with van der Waals surface area (Å²) in [5, 5.41) is 7.47. The average molecular weight is 1030 g/mol. The topological polar surface area (TPSA) is 127 Å². The van der Waals surface area contributed by atoms with Gasteiger partial charge in [-0.2, -0.15) is 0 Å². The Bertz CT molecular complexity index is 2660. The molecule has 0 aliphatic carbocycles. The van der Waals surface area contributed by atoms with Gasteiger partial charge in [0.25, 0.3) is 0 Å². The summed E-state index contributed by atoms with van der Waals surface area (Å²) in [5.74, 6) is 4.81. The van der Waals surface area contributed by atoms with E-state index in [1.165, 1.54) is 51.4 Å². The number of rotatable bonds is 18. The molecule has 0 unspecified atom stereocenters. The molecule has 0 bridgehead atoms. The molecule has 0 spiro atoms. The first-order valence-corrected chi connectivity index (χ1v) is 27.3. The number of aromatic nitrogens is 7. The summed E-state index contributed by atoms with van der Waals surface area (Å²) in [6.45, 7) is 22.2. The molecular formula is C63H89N13. The molecule has 2 N–H and O–H groups in total. The molecule has 0 saturated heterocycles. The molecule has 0 atom stereocenters. The Labute approximate surface area is 457 Å². The minimum atomic E-state index is -0.338. The summed E-state index contributed by atoms with van der Waals surface area (Å²) in [7, 11) is 15.9. The molecule has 13 nitrogen and oxygen atoms in total. The van der Waals surface area contributed by atoms with Gasteiger partial charge in [0.05, 0.1) is 22.8 Å². The van der Waals surface area contributed by atoms with Gasteiger partial charge in [0, 0.05) is 138 Å². The van der Waals surface area contributed by atoms with Crippen molar-refractivity contribution in [3.63, 3.8) is 0 Å². The molecule has 7 aromatic heterocycles. The van der Waals surface area contributed by atoms with E-state index in [4.69, 9.17) is 34.9 Å². The minimum Gasteiger partial charge on any atom is -0.363 e. The zero-order valence-electron chi connectivity index (χ0n) is 49.4. The highest BCUT2D eigenvalue weighted by Crippen LogP contribution is 2.43. The first kappa shape index (κ1) is 59.7. The molecule has 0 amide bonds. The summed E-state index contributed by atoms with van der Waals surface area (Å²) in [6, 6.07) is 24.7. The number of anilines is 8. The monoisotopic (exact) mass is 1030 g/mol. The quantitative estimate of drug-likeness (QED) is 0.0793. The maximum Gasteiger partial charge on any atom is 0.139 e. The fourth-order valence-electron chi connectivity index (χ4n) is 8.35. The Balaban J connectivity index is 0.000000797. The fraction of sp³-hybridized carbons (Fsp3) is 0.444. The van der Waals surface area contributed by atoms with Gasteiger partial charge >= 0.3 is 0 Å². The molecule has 0 aliphatic rings. The molecule has 7 heterocycles. The number of hydrogen-bond donors (Lipinski definition) is 2. The van der Waals surface area contributed by atoms with E-state index < -0.39 is 0 Å². The van der Waals surface area contributed by atoms with Crippen LogP contribution in [0.15, 0.2) is 104 Å². The van der Waals surface area contributed by atoms with Gasteiger partial charge < -0.3 is 30.2 Å². The van der Waals surface area contributed by atoms with Crippen molar-refractivity contribution >= 4 is 46.3 Å². The van der Waals surface area contributed by atoms with Crippen LogP contribution in [0.25, 0.3) is 44.8 Å². The van der Waals surface area contributed by atoms with Crippen LogP contribution in [0.3, 0.4) is 0 Å². The van der Waals surface area contributed by atoms with Gasteiger partial charge in [0.2, 0.25) is 0 Å². The van der Waals surface area contributed by atoms with Gasteiger partial charge in [-0.1, -0.05) is 121 Å². The number of unbranched alkanes of at least 4 members (excludes halogenated alkanes) is 6. The number of nitrogens with zero attached hydrogens (tertiary/aromatic N) is 11. The predicted molar refractivity (Wildman–Crippen MR) is 327 cm³/mol. The third kappa shape index (κ3) is 16.4. The van der Waals surface area contributed by atoms with Crippen molar-refractivity contribution < 1.29 is 0 Å². The van der Waals surface area contributed by atoms with Crippen molar-refractivity contribution in [3.8, 4) is 44.8 Å². The lowest BCUT2D eigenvalue weighted by Crippen LogP contribution is -2.17. The predicted octanol–water partition coefficient (Wildman–Crippen LogP) is 15.6. The number of pyridine rings is 7. The van der Waals surface area contributed by atoms with E-state index in [2.05, 4.69) is 116 Å². The molecule has 0 aliphatic heterocycles. The van der Waals surface area contributed by atoms with Gasteiger partial charge in [-0.15, -0.1) is 0 Å². The second-order valence-electron chi connectivity index (χ2n) is 22.3. The van der Waals surface area contributed by atoms with Crippen molar-refractivity contribution in [1.82, 2.24) is 34.9 Å². The first-order chi connectivity index (χ1) is 36.1. The van der Waals surface area contributed by atoms with Crippen LogP contribution in [0.4, 0.5) is 46.3 Å². The molecule has 7 aromatic rings. The van der Waals surface area contributed by atoms with Gasteiger partial charge in [-0.05, 0) is 77.7 Å². The third-order valence-electron chi connectivity index (χ3n) is 12.8. The Hall–Kier alpha value is -7.15. The highest BCUT2D eigenvalue weighted by Gasteiger charge is 2.28. The molecular weight excluding hydrogens is 939 g/mol. The molecule has 406 valence electrons. The normalized spacial score (nSPS) is 11.2. The van der Waals surface area contributed by atoms with E-state index in [0.717, 1.165) is 90.7 Å². The van der Waals surface area contributed by atoms with E-state index in [9.17, 15) is 0 Å². The lowest BCUT2D eigenvalue weighted by atomic mass is 9.81. The summed E-state index contributed by atoms with van der Waals surface area (Å²) in [6.07, 6.45) is 20.5. The maximum atomic E-state index is 5.34. The Morgan fingerprint density at radius 1 is 0.421 bits per heavy atom. The Kier molecular flexibility index (Phi) is 21.7. The fourth-order valence-corrected chi connectivity index (χ4v) is 8.35. The van der Waals surface area contributed by atoms with Crippen LogP contribution in [0.2, 0.25) is 0 Å².